The normalized spacial score (nSPS) is 19.0. The predicted octanol–water partition coefficient (Wildman–Crippen LogP) is 3.63. The van der Waals surface area contributed by atoms with Crippen molar-refractivity contribution >= 4 is 53.0 Å². The molecule has 2 heterocycles. The molecule has 2 aromatic rings. The third-order valence-corrected chi connectivity index (χ3v) is 6.50. The lowest BCUT2D eigenvalue weighted by atomic mass is 9.95. The smallest absolute Gasteiger partial charge is 0.251 e. The SMILES string of the molecule is CC1CNCCC1NC(=O)c1ccc(NC(=O)CSc2cccs2)cc1.Cl. The number of amides is 2. The number of anilines is 1. The molecule has 1 aromatic heterocycles. The van der Waals surface area contributed by atoms with Crippen molar-refractivity contribution in [2.24, 2.45) is 5.92 Å². The van der Waals surface area contributed by atoms with Crippen LogP contribution < -0.4 is 16.0 Å². The van der Waals surface area contributed by atoms with E-state index in [0.29, 0.717) is 22.9 Å². The van der Waals surface area contributed by atoms with Crippen molar-refractivity contribution in [3.63, 3.8) is 0 Å². The van der Waals surface area contributed by atoms with Crippen molar-refractivity contribution < 1.29 is 9.59 Å². The van der Waals surface area contributed by atoms with Crippen LogP contribution in [0, 0.1) is 5.92 Å². The molecule has 0 radical (unpaired) electrons. The molecule has 146 valence electrons. The van der Waals surface area contributed by atoms with Gasteiger partial charge in [0.05, 0.1) is 9.96 Å². The van der Waals surface area contributed by atoms with E-state index in [2.05, 4.69) is 22.9 Å². The van der Waals surface area contributed by atoms with Gasteiger partial charge in [-0.1, -0.05) is 13.0 Å². The van der Waals surface area contributed by atoms with Crippen molar-refractivity contribution in [3.8, 4) is 0 Å². The van der Waals surface area contributed by atoms with E-state index in [0.717, 1.165) is 23.7 Å². The molecule has 27 heavy (non-hydrogen) atoms. The number of hydrogen-bond donors (Lipinski definition) is 3. The van der Waals surface area contributed by atoms with Crippen LogP contribution in [0.5, 0.6) is 0 Å². The Kier molecular flexibility index (Phi) is 8.63. The molecule has 1 saturated heterocycles. The zero-order valence-electron chi connectivity index (χ0n) is 15.1. The number of nitrogens with one attached hydrogen (secondary N) is 3. The number of rotatable bonds is 6. The Morgan fingerprint density at radius 2 is 2.04 bits per heavy atom. The topological polar surface area (TPSA) is 70.2 Å². The highest BCUT2D eigenvalue weighted by molar-refractivity contribution is 8.01. The second-order valence-electron chi connectivity index (χ2n) is 6.40. The molecular formula is C19H24ClN3O2S2. The van der Waals surface area contributed by atoms with Gasteiger partial charge in [0, 0.05) is 17.3 Å². The molecule has 1 aromatic carbocycles. The number of benzene rings is 1. The molecular weight excluding hydrogens is 402 g/mol. The van der Waals surface area contributed by atoms with Crippen LogP contribution in [0.15, 0.2) is 46.0 Å². The zero-order chi connectivity index (χ0) is 18.4. The highest BCUT2D eigenvalue weighted by Gasteiger charge is 2.22. The van der Waals surface area contributed by atoms with Crippen LogP contribution in [0.2, 0.25) is 0 Å². The third kappa shape index (κ3) is 6.53. The molecule has 3 N–H and O–H groups in total. The van der Waals surface area contributed by atoms with Gasteiger partial charge in [-0.25, -0.2) is 0 Å². The summed E-state index contributed by atoms with van der Waals surface area (Å²) in [5.74, 6) is 0.683. The summed E-state index contributed by atoms with van der Waals surface area (Å²) in [4.78, 5) is 24.4. The van der Waals surface area contributed by atoms with Crippen LogP contribution in [-0.4, -0.2) is 36.7 Å². The van der Waals surface area contributed by atoms with Crippen LogP contribution >= 0.6 is 35.5 Å². The lowest BCUT2D eigenvalue weighted by Crippen LogP contribution is -2.48. The fraction of sp³-hybridized carbons (Fsp3) is 0.368. The first-order valence-electron chi connectivity index (χ1n) is 8.69. The van der Waals surface area contributed by atoms with Crippen molar-refractivity contribution in [1.82, 2.24) is 10.6 Å². The van der Waals surface area contributed by atoms with Crippen LogP contribution in [-0.2, 0) is 4.79 Å². The molecule has 1 aliphatic heterocycles. The maximum Gasteiger partial charge on any atom is 0.251 e. The van der Waals surface area contributed by atoms with Gasteiger partial charge in [-0.15, -0.1) is 35.5 Å². The molecule has 1 fully saturated rings. The van der Waals surface area contributed by atoms with Crippen molar-refractivity contribution in [2.45, 2.75) is 23.6 Å². The summed E-state index contributed by atoms with van der Waals surface area (Å²) < 4.78 is 1.12. The van der Waals surface area contributed by atoms with E-state index in [1.54, 1.807) is 35.6 Å². The maximum atomic E-state index is 12.4. The van der Waals surface area contributed by atoms with Gasteiger partial charge in [0.15, 0.2) is 0 Å². The predicted molar refractivity (Wildman–Crippen MR) is 115 cm³/mol. The largest absolute Gasteiger partial charge is 0.349 e. The van der Waals surface area contributed by atoms with Crippen molar-refractivity contribution in [3.05, 3.63) is 47.3 Å². The maximum absolute atomic E-state index is 12.4. The van der Waals surface area contributed by atoms with E-state index in [4.69, 9.17) is 0 Å². The molecule has 0 spiro atoms. The fourth-order valence-corrected chi connectivity index (χ4v) is 4.45. The first-order valence-corrected chi connectivity index (χ1v) is 10.6. The summed E-state index contributed by atoms with van der Waals surface area (Å²) in [5.41, 5.74) is 1.32. The minimum atomic E-state index is -0.0603. The number of piperidine rings is 1. The highest BCUT2D eigenvalue weighted by Crippen LogP contribution is 2.23. The highest BCUT2D eigenvalue weighted by atomic mass is 35.5. The first kappa shape index (κ1) is 21.8. The van der Waals surface area contributed by atoms with Gasteiger partial charge in [-0.3, -0.25) is 9.59 Å². The van der Waals surface area contributed by atoms with Crippen LogP contribution in [0.25, 0.3) is 0 Å². The van der Waals surface area contributed by atoms with Gasteiger partial charge in [-0.05, 0) is 61.1 Å². The monoisotopic (exact) mass is 425 g/mol. The van der Waals surface area contributed by atoms with Crippen LogP contribution in [0.3, 0.4) is 0 Å². The Morgan fingerprint density at radius 1 is 1.26 bits per heavy atom. The third-order valence-electron chi connectivity index (χ3n) is 4.37. The number of hydrogen-bond acceptors (Lipinski definition) is 5. The van der Waals surface area contributed by atoms with Crippen LogP contribution in [0.1, 0.15) is 23.7 Å². The quantitative estimate of drug-likeness (QED) is 0.618. The lowest BCUT2D eigenvalue weighted by Gasteiger charge is -2.30. The van der Waals surface area contributed by atoms with Crippen LogP contribution in [0.4, 0.5) is 5.69 Å². The first-order chi connectivity index (χ1) is 12.6. The molecule has 2 unspecified atom stereocenters. The molecule has 2 atom stereocenters. The standard InChI is InChI=1S/C19H23N3O2S2.ClH/c1-13-11-20-9-8-16(13)22-19(24)14-4-6-15(7-5-14)21-17(23)12-26-18-3-2-10-25-18;/h2-7,10,13,16,20H,8-9,11-12H2,1H3,(H,21,23)(H,22,24);1H. The minimum absolute atomic E-state index is 0. The number of carbonyl (C=O) groups excluding carboxylic acids is 2. The molecule has 0 bridgehead atoms. The van der Waals surface area contributed by atoms with Gasteiger partial charge >= 0.3 is 0 Å². The number of halogens is 1. The summed E-state index contributed by atoms with van der Waals surface area (Å²) in [6, 6.07) is 11.2. The second kappa shape index (κ2) is 10.7. The second-order valence-corrected chi connectivity index (χ2v) is 8.62. The van der Waals surface area contributed by atoms with E-state index in [1.807, 2.05) is 17.5 Å². The van der Waals surface area contributed by atoms with E-state index in [-0.39, 0.29) is 30.3 Å². The molecule has 0 saturated carbocycles. The average Bonchev–Trinajstić information content (AvgIpc) is 3.16. The van der Waals surface area contributed by atoms with E-state index >= 15 is 0 Å². The van der Waals surface area contributed by atoms with Gasteiger partial charge in [0.25, 0.3) is 5.91 Å². The summed E-state index contributed by atoms with van der Waals surface area (Å²) in [6.07, 6.45) is 0.947. The Bertz CT molecular complexity index is 738. The van der Waals surface area contributed by atoms with E-state index in [9.17, 15) is 9.59 Å². The number of thiophene rings is 1. The van der Waals surface area contributed by atoms with Crippen molar-refractivity contribution in [2.75, 3.05) is 24.2 Å². The van der Waals surface area contributed by atoms with E-state index in [1.165, 1.54) is 11.8 Å². The Hall–Kier alpha value is -1.54. The number of thioether (sulfide) groups is 1. The molecule has 2 amide bonds. The van der Waals surface area contributed by atoms with Gasteiger partial charge in [0.2, 0.25) is 5.91 Å². The fourth-order valence-electron chi connectivity index (χ4n) is 2.86. The summed E-state index contributed by atoms with van der Waals surface area (Å²) in [5, 5.41) is 11.3. The van der Waals surface area contributed by atoms with Crippen molar-refractivity contribution in [1.29, 1.82) is 0 Å². The summed E-state index contributed by atoms with van der Waals surface area (Å²) >= 11 is 3.14. The number of carbonyl (C=O) groups is 2. The van der Waals surface area contributed by atoms with E-state index < -0.39 is 0 Å². The molecule has 5 nitrogen and oxygen atoms in total. The zero-order valence-corrected chi connectivity index (χ0v) is 17.5. The molecule has 1 aliphatic rings. The molecule has 0 aliphatic carbocycles. The molecule has 8 heteroatoms. The Morgan fingerprint density at radius 3 is 2.70 bits per heavy atom. The van der Waals surface area contributed by atoms with Gasteiger partial charge in [0.1, 0.15) is 0 Å². The lowest BCUT2D eigenvalue weighted by molar-refractivity contribution is -0.113. The minimum Gasteiger partial charge on any atom is -0.349 e. The Labute approximate surface area is 174 Å². The summed E-state index contributed by atoms with van der Waals surface area (Å²) in [7, 11) is 0. The molecule has 3 rings (SSSR count). The van der Waals surface area contributed by atoms with Gasteiger partial charge in [-0.2, -0.15) is 0 Å². The summed E-state index contributed by atoms with van der Waals surface area (Å²) in [6.45, 7) is 4.01. The van der Waals surface area contributed by atoms with Gasteiger partial charge < -0.3 is 16.0 Å². The average molecular weight is 426 g/mol. The Balaban J connectivity index is 0.00000261.